The molecule has 84 heavy (non-hydrogen) atoms. The van der Waals surface area contributed by atoms with Crippen molar-refractivity contribution < 1.29 is 18.1 Å². The maximum absolute atomic E-state index is 13.2. The Morgan fingerprint density at radius 3 is 1.45 bits per heavy atom. The average molecular weight is 1150 g/mol. The number of aromatic nitrogens is 9. The van der Waals surface area contributed by atoms with E-state index in [0.717, 1.165) is 145 Å². The lowest BCUT2D eigenvalue weighted by Crippen LogP contribution is -2.43. The van der Waals surface area contributed by atoms with Crippen molar-refractivity contribution in [2.45, 2.75) is 58.2 Å². The molecule has 0 atom stereocenters. The number of halogens is 3. The van der Waals surface area contributed by atoms with Gasteiger partial charge in [0.25, 0.3) is 16.7 Å². The number of hydrogen-bond acceptors (Lipinski definition) is 15. The lowest BCUT2D eigenvalue weighted by atomic mass is 9.79. The van der Waals surface area contributed by atoms with Crippen LogP contribution >= 0.6 is 11.6 Å². The Morgan fingerprint density at radius 2 is 0.952 bits per heavy atom. The number of piperazine rings is 2. The summed E-state index contributed by atoms with van der Waals surface area (Å²) in [6.45, 7) is 16.6. The summed E-state index contributed by atoms with van der Waals surface area (Å²) in [6.07, 6.45) is 24.6. The fourth-order valence-corrected chi connectivity index (χ4v) is 10.2. The Labute approximate surface area is 487 Å². The quantitative estimate of drug-likeness (QED) is 0.123. The van der Waals surface area contributed by atoms with Crippen LogP contribution in [0.4, 0.5) is 14.5 Å². The van der Waals surface area contributed by atoms with E-state index in [9.17, 15) is 23.2 Å². The molecule has 22 heteroatoms. The Kier molecular flexibility index (Phi) is 16.9. The van der Waals surface area contributed by atoms with E-state index in [0.29, 0.717) is 28.3 Å². The van der Waals surface area contributed by atoms with Crippen LogP contribution in [0.2, 0.25) is 5.15 Å². The van der Waals surface area contributed by atoms with Crippen LogP contribution in [0.25, 0.3) is 57.7 Å². The predicted octanol–water partition coefficient (Wildman–Crippen LogP) is 6.82. The van der Waals surface area contributed by atoms with Crippen molar-refractivity contribution in [3.8, 4) is 22.5 Å². The fraction of sp³-hybridized carbons (Fsp3) is 0.274. The second kappa shape index (κ2) is 24.8. The smallest absolute Gasteiger partial charge is 0.399 e. The number of nitrogens with one attached hydrogen (secondary N) is 3. The van der Waals surface area contributed by atoms with Crippen LogP contribution in [-0.2, 0) is 28.6 Å². The molecule has 0 amide bonds. The highest BCUT2D eigenvalue weighted by atomic mass is 35.5. The SMILES string of the molecule is C1CNCCN1.CC1(C)OB(c2cnc3c(c2)C=CC3)OC1(C)C.O=c1cc(-c2cnc3c(c2)C=CC3)nc2ccc(F)cn12.O=c1cc(-c2cnc3c(c2)C=CC3)nc2ccc(N3CCNCC3)cn12.O=c1cc(Cl)nc2ccc(F)cn12. The van der Waals surface area contributed by atoms with E-state index in [-0.39, 0.29) is 34.6 Å². The molecule has 0 aromatic carbocycles. The van der Waals surface area contributed by atoms with Crippen molar-refractivity contribution in [3.05, 3.63) is 210 Å². The Bertz CT molecular complexity index is 4210. The van der Waals surface area contributed by atoms with Crippen molar-refractivity contribution in [1.29, 1.82) is 0 Å². The van der Waals surface area contributed by atoms with Gasteiger partial charge in [0.1, 0.15) is 33.7 Å². The second-order valence-electron chi connectivity index (χ2n) is 21.6. The van der Waals surface area contributed by atoms with E-state index in [1.165, 1.54) is 40.3 Å². The molecule has 12 heterocycles. The van der Waals surface area contributed by atoms with E-state index in [1.807, 2.05) is 42.7 Å². The third-order valence-electron chi connectivity index (χ3n) is 15.3. The zero-order valence-corrected chi connectivity index (χ0v) is 47.6. The molecule has 9 aromatic rings. The molecule has 15 rings (SSSR count). The molecule has 3 aliphatic heterocycles. The van der Waals surface area contributed by atoms with Gasteiger partial charge in [-0.1, -0.05) is 54.1 Å². The third kappa shape index (κ3) is 13.0. The van der Waals surface area contributed by atoms with E-state index in [1.54, 1.807) is 22.9 Å². The topological polar surface area (TPSA) is 200 Å². The molecule has 18 nitrogen and oxygen atoms in total. The normalized spacial score (nSPS) is 16.6. The highest BCUT2D eigenvalue weighted by Gasteiger charge is 2.52. The number of rotatable bonds is 4. The molecule has 0 bridgehead atoms. The molecular weight excluding hydrogens is 1090 g/mol. The molecule has 6 aliphatic rings. The molecule has 3 fully saturated rings. The van der Waals surface area contributed by atoms with Gasteiger partial charge in [0.2, 0.25) is 0 Å². The lowest BCUT2D eigenvalue weighted by molar-refractivity contribution is 0.00578. The van der Waals surface area contributed by atoms with Crippen molar-refractivity contribution >= 4 is 65.0 Å². The zero-order chi connectivity index (χ0) is 58.5. The largest absolute Gasteiger partial charge is 0.496 e. The maximum atomic E-state index is 13.2. The first-order valence-electron chi connectivity index (χ1n) is 27.8. The molecule has 0 saturated carbocycles. The van der Waals surface area contributed by atoms with Crippen molar-refractivity contribution in [2.75, 3.05) is 57.3 Å². The predicted molar refractivity (Wildman–Crippen MR) is 325 cm³/mol. The number of hydrogen-bond donors (Lipinski definition) is 3. The molecule has 3 N–H and O–H groups in total. The van der Waals surface area contributed by atoms with E-state index >= 15 is 0 Å². The summed E-state index contributed by atoms with van der Waals surface area (Å²) in [5, 5.41) is 9.90. The fourth-order valence-electron chi connectivity index (χ4n) is 10.00. The molecule has 3 aliphatic carbocycles. The molecule has 0 spiro atoms. The number of fused-ring (bicyclic) bond motifs is 6. The van der Waals surface area contributed by atoms with Gasteiger partial charge < -0.3 is 30.2 Å². The van der Waals surface area contributed by atoms with E-state index in [4.69, 9.17) is 20.9 Å². The van der Waals surface area contributed by atoms with Crippen LogP contribution in [0.15, 0.2) is 143 Å². The number of pyridine rings is 6. The highest BCUT2D eigenvalue weighted by Crippen LogP contribution is 2.37. The van der Waals surface area contributed by atoms with Crippen LogP contribution in [0, 0.1) is 11.6 Å². The Morgan fingerprint density at radius 1 is 0.524 bits per heavy atom. The second-order valence-corrected chi connectivity index (χ2v) is 22.0. The van der Waals surface area contributed by atoms with Gasteiger partial charge in [-0.2, -0.15) is 0 Å². The summed E-state index contributed by atoms with van der Waals surface area (Å²) in [6, 6.07) is 19.6. The number of nitrogens with zero attached hydrogens (tertiary/aromatic N) is 10. The number of anilines is 1. The summed E-state index contributed by atoms with van der Waals surface area (Å²) in [4.78, 5) is 64.6. The monoisotopic (exact) mass is 1150 g/mol. The summed E-state index contributed by atoms with van der Waals surface area (Å²) < 4.78 is 41.8. The van der Waals surface area contributed by atoms with Gasteiger partial charge >= 0.3 is 7.12 Å². The first kappa shape index (κ1) is 57.4. The van der Waals surface area contributed by atoms with Crippen LogP contribution < -0.4 is 43.0 Å². The minimum absolute atomic E-state index is 0.0713. The molecular formula is C62H61BClF2N13O5. The first-order valence-corrected chi connectivity index (χ1v) is 28.2. The molecule has 3 saturated heterocycles. The van der Waals surface area contributed by atoms with Crippen molar-refractivity contribution in [2.24, 2.45) is 0 Å². The standard InChI is InChI=1S/C20H19N5O.C16H10FN3O.C14H18BNO2.C8H4ClFN2O.C4H10N2/c26-20-11-18(15-10-14-2-1-3-17(14)22-12-15)23-19-5-4-16(13-25(19)20)24-8-6-21-7-9-24;17-12-4-5-15-19-14(7-16(21)20(15)9-12)11-6-10-2-1-3-13(10)18-8-11;1-13(2)14(3,4)18-15(17-13)11-8-10-6-5-7-12(10)16-9-11;9-6-3-8(13)12-4-5(10)1-2-7(12)11-6;1-2-6-4-3-5-1/h1-2,4-5,10-13,21H,3,6-9H2;1-2,4-9H,3H2;5-6,8-9H,7H2,1-4H3;1-4H;5-6H,1-4H2. The minimum atomic E-state index is -0.487. The van der Waals surface area contributed by atoms with Gasteiger partial charge in [-0.3, -0.25) is 42.5 Å². The lowest BCUT2D eigenvalue weighted by Gasteiger charge is -2.32. The first-order chi connectivity index (χ1) is 40.5. The van der Waals surface area contributed by atoms with Gasteiger partial charge in [-0.05, 0) is 92.9 Å². The summed E-state index contributed by atoms with van der Waals surface area (Å²) >= 11 is 5.55. The summed E-state index contributed by atoms with van der Waals surface area (Å²) in [5.74, 6) is -0.956. The van der Waals surface area contributed by atoms with Crippen LogP contribution in [0.3, 0.4) is 0 Å². The summed E-state index contributed by atoms with van der Waals surface area (Å²) in [7, 11) is -0.318. The van der Waals surface area contributed by atoms with Crippen molar-refractivity contribution in [1.82, 2.24) is 59.1 Å². The van der Waals surface area contributed by atoms with Gasteiger partial charge in [-0.15, -0.1) is 0 Å². The van der Waals surface area contributed by atoms with Gasteiger partial charge in [0.15, 0.2) is 0 Å². The highest BCUT2D eigenvalue weighted by molar-refractivity contribution is 6.62. The maximum Gasteiger partial charge on any atom is 0.496 e. The molecule has 0 unspecified atom stereocenters. The third-order valence-corrected chi connectivity index (χ3v) is 15.5. The van der Waals surface area contributed by atoms with E-state index < -0.39 is 17.2 Å². The van der Waals surface area contributed by atoms with Crippen molar-refractivity contribution in [3.63, 3.8) is 0 Å². The van der Waals surface area contributed by atoms with Crippen LogP contribution in [0.5, 0.6) is 0 Å². The van der Waals surface area contributed by atoms with E-state index in [2.05, 4.69) is 115 Å². The Hall–Kier alpha value is -8.44. The zero-order valence-electron chi connectivity index (χ0n) is 46.9. The van der Waals surface area contributed by atoms with Gasteiger partial charge in [0, 0.05) is 144 Å². The average Bonchev–Trinajstić information content (AvgIpc) is 4.27. The minimum Gasteiger partial charge on any atom is -0.399 e. The van der Waals surface area contributed by atoms with Gasteiger partial charge in [-0.25, -0.2) is 23.7 Å². The molecule has 428 valence electrons. The molecule has 9 aromatic heterocycles. The molecule has 0 radical (unpaired) electrons. The Balaban J connectivity index is 0.000000116. The van der Waals surface area contributed by atoms with Crippen LogP contribution in [-0.4, -0.2) is 114 Å². The number of allylic oxidation sites excluding steroid dienone is 3. The van der Waals surface area contributed by atoms with Crippen LogP contribution in [0.1, 0.15) is 61.5 Å². The van der Waals surface area contributed by atoms with Gasteiger partial charge in [0.05, 0.1) is 45.4 Å². The summed E-state index contributed by atoms with van der Waals surface area (Å²) in [5.41, 5.74) is 11.5.